The molecule has 6 aliphatic carbocycles. The highest BCUT2D eigenvalue weighted by atomic mass is 14.4. The summed E-state index contributed by atoms with van der Waals surface area (Å²) in [5.74, 6) is 20.9. The van der Waals surface area contributed by atoms with Gasteiger partial charge in [-0.15, -0.1) is 12.8 Å². The Kier molecular flexibility index (Phi) is 4.02. The molecule has 0 amide bonds. The van der Waals surface area contributed by atoms with Crippen molar-refractivity contribution in [3.8, 4) is 48.4 Å². The van der Waals surface area contributed by atoms with Crippen molar-refractivity contribution in [2.45, 2.75) is 51.4 Å². The molecule has 4 bridgehead atoms. The van der Waals surface area contributed by atoms with Gasteiger partial charge < -0.3 is 0 Å². The maximum Gasteiger partial charge on any atom is 0.0180 e. The van der Waals surface area contributed by atoms with Gasteiger partial charge in [-0.2, -0.15) is 0 Å². The second-order valence-corrected chi connectivity index (χ2v) is 7.54. The van der Waals surface area contributed by atoms with E-state index in [0.29, 0.717) is 23.7 Å². The van der Waals surface area contributed by atoms with Gasteiger partial charge in [0.2, 0.25) is 0 Å². The third-order valence-corrected chi connectivity index (χ3v) is 6.44. The Balaban J connectivity index is 1.62. The monoisotopic (exact) mass is 310 g/mol. The largest absolute Gasteiger partial charge is 0.115 e. The molecule has 118 valence electrons. The normalized spacial score (nSPS) is 33.1. The van der Waals surface area contributed by atoms with Crippen LogP contribution >= 0.6 is 0 Å². The van der Waals surface area contributed by atoms with E-state index in [-0.39, 0.29) is 0 Å². The smallest absolute Gasteiger partial charge is 0.0180 e. The Hall–Kier alpha value is -2.28. The molecule has 0 heteroatoms. The minimum Gasteiger partial charge on any atom is -0.115 e. The van der Waals surface area contributed by atoms with Gasteiger partial charge in [0.1, 0.15) is 0 Å². The average Bonchev–Trinajstić information content (AvgIpc) is 2.66. The fourth-order valence-electron chi connectivity index (χ4n) is 5.15. The van der Waals surface area contributed by atoms with Gasteiger partial charge in [0.15, 0.2) is 0 Å². The molecule has 0 aromatic rings. The molecule has 0 N–H and O–H groups in total. The van der Waals surface area contributed by atoms with Crippen LogP contribution < -0.4 is 0 Å². The summed E-state index contributed by atoms with van der Waals surface area (Å²) in [6, 6.07) is 0. The van der Waals surface area contributed by atoms with Gasteiger partial charge in [-0.1, -0.05) is 23.7 Å². The molecular weight excluding hydrogens is 288 g/mol. The van der Waals surface area contributed by atoms with Crippen LogP contribution in [0.3, 0.4) is 0 Å². The van der Waals surface area contributed by atoms with Crippen molar-refractivity contribution >= 4 is 0 Å². The van der Waals surface area contributed by atoms with Gasteiger partial charge in [-0.05, 0) is 86.9 Å². The fourth-order valence-corrected chi connectivity index (χ4v) is 5.15. The SMILES string of the molecule is C#CC1=C(C#CC#CC2=C(C#C)C3CCC2CC3)C2CCC1CC2. The van der Waals surface area contributed by atoms with E-state index in [1.807, 2.05) is 0 Å². The molecule has 0 aliphatic heterocycles. The summed E-state index contributed by atoms with van der Waals surface area (Å²) in [5, 5.41) is 0. The zero-order valence-electron chi connectivity index (χ0n) is 14.1. The second-order valence-electron chi connectivity index (χ2n) is 7.54. The molecule has 6 aliphatic rings. The molecule has 0 heterocycles. The maximum absolute atomic E-state index is 5.74. The van der Waals surface area contributed by atoms with E-state index in [4.69, 9.17) is 12.8 Å². The van der Waals surface area contributed by atoms with Gasteiger partial charge >= 0.3 is 0 Å². The van der Waals surface area contributed by atoms with Gasteiger partial charge in [0, 0.05) is 22.3 Å². The summed E-state index contributed by atoms with van der Waals surface area (Å²) in [7, 11) is 0. The highest BCUT2D eigenvalue weighted by Gasteiger charge is 2.34. The Morgan fingerprint density at radius 1 is 0.500 bits per heavy atom. The molecule has 0 aromatic carbocycles. The highest BCUT2D eigenvalue weighted by Crippen LogP contribution is 2.45. The lowest BCUT2D eigenvalue weighted by Gasteiger charge is -2.36. The summed E-state index contributed by atoms with van der Waals surface area (Å²) in [4.78, 5) is 0. The number of hydrogen-bond donors (Lipinski definition) is 0. The van der Waals surface area contributed by atoms with Crippen LogP contribution in [0.2, 0.25) is 0 Å². The van der Waals surface area contributed by atoms with E-state index >= 15 is 0 Å². The fraction of sp³-hybridized carbons (Fsp3) is 0.500. The van der Waals surface area contributed by atoms with E-state index in [2.05, 4.69) is 35.5 Å². The summed E-state index contributed by atoms with van der Waals surface area (Å²) in [5.41, 5.74) is 4.72. The minimum atomic E-state index is 0.571. The number of fused-ring (bicyclic) bond motifs is 4. The zero-order valence-corrected chi connectivity index (χ0v) is 14.1. The van der Waals surface area contributed by atoms with E-state index in [0.717, 1.165) is 11.1 Å². The van der Waals surface area contributed by atoms with Crippen LogP contribution in [0.4, 0.5) is 0 Å². The lowest BCUT2D eigenvalue weighted by atomic mass is 9.67. The Morgan fingerprint density at radius 3 is 1.08 bits per heavy atom. The van der Waals surface area contributed by atoms with Crippen molar-refractivity contribution in [3.63, 3.8) is 0 Å². The average molecular weight is 310 g/mol. The molecule has 6 rings (SSSR count). The Labute approximate surface area is 146 Å². The molecule has 0 nitrogen and oxygen atoms in total. The van der Waals surface area contributed by atoms with E-state index in [9.17, 15) is 0 Å². The van der Waals surface area contributed by atoms with Crippen molar-refractivity contribution in [2.24, 2.45) is 23.7 Å². The third-order valence-electron chi connectivity index (χ3n) is 6.44. The first kappa shape index (κ1) is 15.3. The van der Waals surface area contributed by atoms with Crippen LogP contribution in [0.25, 0.3) is 0 Å². The van der Waals surface area contributed by atoms with E-state index in [1.54, 1.807) is 0 Å². The van der Waals surface area contributed by atoms with Gasteiger partial charge in [0.25, 0.3) is 0 Å². The minimum absolute atomic E-state index is 0.571. The molecule has 0 radical (unpaired) electrons. The topological polar surface area (TPSA) is 0 Å². The Morgan fingerprint density at radius 2 is 0.792 bits per heavy atom. The second kappa shape index (κ2) is 6.32. The lowest BCUT2D eigenvalue weighted by Crippen LogP contribution is -2.25. The van der Waals surface area contributed by atoms with Crippen LogP contribution in [0.5, 0.6) is 0 Å². The van der Waals surface area contributed by atoms with Gasteiger partial charge in [-0.3, -0.25) is 0 Å². The summed E-state index contributed by atoms with van der Waals surface area (Å²) in [6.45, 7) is 0. The molecule has 0 unspecified atom stereocenters. The highest BCUT2D eigenvalue weighted by molar-refractivity contribution is 5.53. The van der Waals surface area contributed by atoms with Gasteiger partial charge in [-0.25, -0.2) is 0 Å². The van der Waals surface area contributed by atoms with Crippen LogP contribution in [0, 0.1) is 72.0 Å². The summed E-state index contributed by atoms with van der Waals surface area (Å²) in [6.07, 6.45) is 21.4. The molecule has 2 fully saturated rings. The maximum atomic E-state index is 5.74. The first-order valence-electron chi connectivity index (χ1n) is 9.25. The summed E-state index contributed by atoms with van der Waals surface area (Å²) < 4.78 is 0. The number of allylic oxidation sites excluding steroid dienone is 4. The summed E-state index contributed by atoms with van der Waals surface area (Å²) >= 11 is 0. The standard InChI is InChI=1S/C24H22/c1-3-21-17-9-13-19(14-10-17)23(21)7-5-6-8-24-20-15-11-18(12-16-20)22(24)4-2/h1-2,17-20H,9-16H2. The van der Waals surface area contributed by atoms with Crippen molar-refractivity contribution in [1.29, 1.82) is 0 Å². The lowest BCUT2D eigenvalue weighted by molar-refractivity contribution is 0.309. The van der Waals surface area contributed by atoms with Crippen molar-refractivity contribution in [1.82, 2.24) is 0 Å². The molecule has 0 spiro atoms. The molecular formula is C24H22. The van der Waals surface area contributed by atoms with Crippen molar-refractivity contribution in [2.75, 3.05) is 0 Å². The molecule has 0 aromatic heterocycles. The number of rotatable bonds is 0. The molecule has 2 saturated carbocycles. The third kappa shape index (κ3) is 2.49. The molecule has 0 saturated heterocycles. The van der Waals surface area contributed by atoms with Crippen LogP contribution in [-0.4, -0.2) is 0 Å². The molecule has 0 atom stereocenters. The van der Waals surface area contributed by atoms with Crippen LogP contribution in [-0.2, 0) is 0 Å². The quantitative estimate of drug-likeness (QED) is 0.578. The first-order chi connectivity index (χ1) is 11.8. The number of terminal acetylenes is 2. The van der Waals surface area contributed by atoms with Crippen LogP contribution in [0.15, 0.2) is 22.3 Å². The van der Waals surface area contributed by atoms with Gasteiger partial charge in [0.05, 0.1) is 0 Å². The Bertz CT molecular complexity index is 737. The first-order valence-corrected chi connectivity index (χ1v) is 9.25. The van der Waals surface area contributed by atoms with Crippen molar-refractivity contribution in [3.05, 3.63) is 22.3 Å². The van der Waals surface area contributed by atoms with E-state index < -0.39 is 0 Å². The molecule has 24 heavy (non-hydrogen) atoms. The zero-order chi connectivity index (χ0) is 16.5. The number of hydrogen-bond acceptors (Lipinski definition) is 0. The van der Waals surface area contributed by atoms with E-state index in [1.165, 1.54) is 62.5 Å². The predicted octanol–water partition coefficient (Wildman–Crippen LogP) is 4.49. The van der Waals surface area contributed by atoms with Crippen LogP contribution in [0.1, 0.15) is 51.4 Å². The predicted molar refractivity (Wildman–Crippen MR) is 98.2 cm³/mol. The van der Waals surface area contributed by atoms with Crippen molar-refractivity contribution < 1.29 is 0 Å².